The zero-order valence-corrected chi connectivity index (χ0v) is 37.1. The molecule has 1 aliphatic carbocycles. The average molecular weight is 861 g/mol. The third-order valence-electron chi connectivity index (χ3n) is 14.1. The molecule has 1 aliphatic rings. The van der Waals surface area contributed by atoms with Crippen molar-refractivity contribution in [3.63, 3.8) is 0 Å². The summed E-state index contributed by atoms with van der Waals surface area (Å²) in [7, 11) is 0. The summed E-state index contributed by atoms with van der Waals surface area (Å²) in [6.07, 6.45) is 0. The Hall–Kier alpha value is -8.12. The molecule has 310 valence electrons. The Balaban J connectivity index is 1.01. The summed E-state index contributed by atoms with van der Waals surface area (Å²) in [4.78, 5) is 12.3. The number of thiophene rings is 1. The van der Waals surface area contributed by atoms with Crippen LogP contribution in [0.4, 0.5) is 0 Å². The van der Waals surface area contributed by atoms with Gasteiger partial charge in [0.2, 0.25) is 5.95 Å². The molecular weight excluding hydrogens is 821 g/mol. The van der Waals surface area contributed by atoms with Gasteiger partial charge in [-0.1, -0.05) is 159 Å². The van der Waals surface area contributed by atoms with Crippen molar-refractivity contribution in [1.82, 2.24) is 19.1 Å². The summed E-state index contributed by atoms with van der Waals surface area (Å²) in [5.74, 6) is 0.662. The molecule has 4 heterocycles. The summed E-state index contributed by atoms with van der Waals surface area (Å²) in [6.45, 7) is 4.69. The number of hydrogen-bond acceptors (Lipinski definition) is 3. The van der Waals surface area contributed by atoms with Crippen LogP contribution in [0.25, 0.3) is 120 Å². The molecular formula is C61H40N4S. The summed E-state index contributed by atoms with van der Waals surface area (Å²) in [6, 6.07) is 75.3. The fraction of sp³-hybridized carbons (Fsp3) is 0.0492. The van der Waals surface area contributed by atoms with Crippen molar-refractivity contribution < 1.29 is 0 Å². The molecule has 0 saturated heterocycles. The Kier molecular flexibility index (Phi) is 7.87. The van der Waals surface area contributed by atoms with Gasteiger partial charge in [0.1, 0.15) is 0 Å². The summed E-state index contributed by atoms with van der Waals surface area (Å²) in [5.41, 5.74) is 17.3. The zero-order valence-electron chi connectivity index (χ0n) is 36.3. The van der Waals surface area contributed by atoms with E-state index in [4.69, 9.17) is 9.97 Å². The average Bonchev–Trinajstić information content (AvgIpc) is 4.10. The van der Waals surface area contributed by atoms with Crippen LogP contribution >= 0.6 is 11.3 Å². The van der Waals surface area contributed by atoms with Crippen molar-refractivity contribution in [2.45, 2.75) is 19.3 Å². The summed E-state index contributed by atoms with van der Waals surface area (Å²) < 4.78 is 5.78. The van der Waals surface area contributed by atoms with Crippen LogP contribution in [0.15, 0.2) is 206 Å². The first-order valence-corrected chi connectivity index (χ1v) is 23.5. The minimum Gasteiger partial charge on any atom is -0.309 e. The third kappa shape index (κ3) is 5.44. The highest BCUT2D eigenvalue weighted by Gasteiger charge is 2.35. The number of fused-ring (bicyclic) bond motifs is 11. The molecule has 0 saturated carbocycles. The molecule has 9 aromatic carbocycles. The number of rotatable bonds is 5. The molecule has 13 aromatic rings. The van der Waals surface area contributed by atoms with E-state index in [1.807, 2.05) is 0 Å². The zero-order chi connectivity index (χ0) is 43.7. The Morgan fingerprint density at radius 3 is 1.91 bits per heavy atom. The molecule has 4 nitrogen and oxygen atoms in total. The Bertz CT molecular complexity index is 4130. The molecule has 14 rings (SSSR count). The quantitative estimate of drug-likeness (QED) is 0.173. The van der Waals surface area contributed by atoms with Crippen LogP contribution in [0.5, 0.6) is 0 Å². The van der Waals surface area contributed by atoms with Crippen LogP contribution in [0.1, 0.15) is 25.0 Å². The van der Waals surface area contributed by atoms with Crippen LogP contribution < -0.4 is 0 Å². The number of hydrogen-bond donors (Lipinski definition) is 0. The fourth-order valence-corrected chi connectivity index (χ4v) is 12.0. The maximum atomic E-state index is 5.66. The van der Waals surface area contributed by atoms with Gasteiger partial charge in [0.25, 0.3) is 0 Å². The Labute approximate surface area is 385 Å². The van der Waals surface area contributed by atoms with Crippen LogP contribution in [-0.2, 0) is 5.41 Å². The van der Waals surface area contributed by atoms with E-state index < -0.39 is 0 Å². The van der Waals surface area contributed by atoms with E-state index in [2.05, 4.69) is 229 Å². The molecule has 0 N–H and O–H groups in total. The van der Waals surface area contributed by atoms with Crippen LogP contribution in [-0.4, -0.2) is 19.1 Å². The second-order valence-corrected chi connectivity index (χ2v) is 19.3. The summed E-state index contributed by atoms with van der Waals surface area (Å²) in [5, 5.41) is 7.20. The second kappa shape index (κ2) is 13.9. The molecule has 0 atom stereocenters. The van der Waals surface area contributed by atoms with Crippen LogP contribution in [0.2, 0.25) is 0 Å². The second-order valence-electron chi connectivity index (χ2n) is 18.2. The molecule has 4 aromatic heterocycles. The molecule has 0 aliphatic heterocycles. The maximum absolute atomic E-state index is 5.66. The number of benzene rings is 9. The van der Waals surface area contributed by atoms with E-state index in [1.54, 1.807) is 11.3 Å². The van der Waals surface area contributed by atoms with Gasteiger partial charge in [-0.2, -0.15) is 0 Å². The molecule has 0 amide bonds. The van der Waals surface area contributed by atoms with Gasteiger partial charge in [-0.15, -0.1) is 11.3 Å². The predicted octanol–water partition coefficient (Wildman–Crippen LogP) is 16.3. The van der Waals surface area contributed by atoms with Crippen molar-refractivity contribution >= 4 is 75.9 Å². The Morgan fingerprint density at radius 2 is 1.05 bits per heavy atom. The van der Waals surface area contributed by atoms with Crippen molar-refractivity contribution in [1.29, 1.82) is 0 Å². The smallest absolute Gasteiger partial charge is 0.235 e. The molecule has 0 spiro atoms. The lowest BCUT2D eigenvalue weighted by atomic mass is 9.82. The molecule has 5 heteroatoms. The monoisotopic (exact) mass is 860 g/mol. The van der Waals surface area contributed by atoms with Gasteiger partial charge >= 0.3 is 0 Å². The minimum absolute atomic E-state index is 0.143. The van der Waals surface area contributed by atoms with E-state index in [-0.39, 0.29) is 5.41 Å². The van der Waals surface area contributed by atoms with Crippen molar-refractivity contribution in [3.05, 3.63) is 217 Å². The highest BCUT2D eigenvalue weighted by molar-refractivity contribution is 7.22. The van der Waals surface area contributed by atoms with Crippen LogP contribution in [0, 0.1) is 0 Å². The van der Waals surface area contributed by atoms with Gasteiger partial charge in [-0.05, 0) is 110 Å². The minimum atomic E-state index is -0.143. The third-order valence-corrected chi connectivity index (χ3v) is 15.3. The van der Waals surface area contributed by atoms with Crippen LogP contribution in [0.3, 0.4) is 0 Å². The maximum Gasteiger partial charge on any atom is 0.235 e. The van der Waals surface area contributed by atoms with Gasteiger partial charge in [-0.25, -0.2) is 9.97 Å². The van der Waals surface area contributed by atoms with Crippen molar-refractivity contribution in [2.75, 3.05) is 0 Å². The van der Waals surface area contributed by atoms with E-state index in [1.165, 1.54) is 76.2 Å². The van der Waals surface area contributed by atoms with Gasteiger partial charge in [0, 0.05) is 43.1 Å². The largest absolute Gasteiger partial charge is 0.309 e. The van der Waals surface area contributed by atoms with E-state index in [0.717, 1.165) is 49.1 Å². The first-order valence-electron chi connectivity index (χ1n) is 22.6. The molecule has 0 unspecified atom stereocenters. The number of nitrogens with zero attached hydrogens (tertiary/aromatic N) is 4. The first kappa shape index (κ1) is 37.3. The topological polar surface area (TPSA) is 35.6 Å². The molecule has 0 bridgehead atoms. The molecule has 0 fully saturated rings. The fourth-order valence-electron chi connectivity index (χ4n) is 10.9. The lowest BCUT2D eigenvalue weighted by Crippen LogP contribution is -2.15. The highest BCUT2D eigenvalue weighted by atomic mass is 32.1. The number of para-hydroxylation sites is 2. The molecule has 0 radical (unpaired) electrons. The summed E-state index contributed by atoms with van der Waals surface area (Å²) >= 11 is 1.77. The van der Waals surface area contributed by atoms with Gasteiger partial charge in [0.05, 0.1) is 38.0 Å². The first-order chi connectivity index (χ1) is 32.5. The van der Waals surface area contributed by atoms with Gasteiger partial charge in [-0.3, -0.25) is 4.57 Å². The van der Waals surface area contributed by atoms with E-state index >= 15 is 0 Å². The Morgan fingerprint density at radius 1 is 0.409 bits per heavy atom. The standard InChI is InChI=1S/C61H40N4S/c1-61(2)50-23-13-11-21-44(50)45-28-26-42(33-51(45)61)58-59-52(36-57(66-59)37-15-5-3-6-16-37)62-60(63-58)65-54-30-27-40(32-48(54)49-31-38-17-9-10-18-39(38)34-56(49)65)41-25-29-47-46-22-12-14-24-53(46)64(55(47)35-41)43-19-7-4-8-20-43/h3-36H,1-2H3. The van der Waals surface area contributed by atoms with Crippen molar-refractivity contribution in [3.8, 4) is 55.6 Å². The van der Waals surface area contributed by atoms with E-state index in [0.29, 0.717) is 5.95 Å². The van der Waals surface area contributed by atoms with Crippen molar-refractivity contribution in [2.24, 2.45) is 0 Å². The normalized spacial score (nSPS) is 13.1. The van der Waals surface area contributed by atoms with Gasteiger partial charge in [0.15, 0.2) is 0 Å². The van der Waals surface area contributed by atoms with E-state index in [9.17, 15) is 0 Å². The number of aromatic nitrogens is 4. The predicted molar refractivity (Wildman–Crippen MR) is 277 cm³/mol. The highest BCUT2D eigenvalue weighted by Crippen LogP contribution is 2.50. The van der Waals surface area contributed by atoms with Gasteiger partial charge < -0.3 is 4.57 Å². The SMILES string of the molecule is CC1(C)c2ccccc2-c2ccc(-c3nc(-n4c5ccc(-c6ccc7c8ccccc8n(-c8ccccc8)c7c6)cc5c5cc6ccccc6cc54)nc4cc(-c5ccccc5)sc34)cc21. The lowest BCUT2D eigenvalue weighted by Gasteiger charge is -2.22. The lowest BCUT2D eigenvalue weighted by molar-refractivity contribution is 0.660. The molecule has 66 heavy (non-hydrogen) atoms.